The Bertz CT molecular complexity index is 264. The first-order valence-electron chi connectivity index (χ1n) is 6.90. The smallest absolute Gasteiger partial charge is 0.393 e. The largest absolute Gasteiger partial charge is 2.00 e. The quantitative estimate of drug-likeness (QED) is 0.761. The fourth-order valence-electron chi connectivity index (χ4n) is 2.71. The Morgan fingerprint density at radius 2 is 1.60 bits per heavy atom. The van der Waals surface area contributed by atoms with Gasteiger partial charge in [0.15, 0.2) is 0 Å². The Balaban J connectivity index is 0.00000200. The van der Waals surface area contributed by atoms with Crippen molar-refractivity contribution in [3.63, 3.8) is 0 Å². The van der Waals surface area contributed by atoms with Crippen LogP contribution in [0, 0.1) is 62.7 Å². The zero-order chi connectivity index (χ0) is 13.8. The molecule has 0 heterocycles. The summed E-state index contributed by atoms with van der Waals surface area (Å²) >= 11 is 0. The van der Waals surface area contributed by atoms with Gasteiger partial charge in [0, 0.05) is 17.9 Å². The fourth-order valence-corrected chi connectivity index (χ4v) is 2.71. The number of rotatable bonds is 6. The van der Waals surface area contributed by atoms with E-state index in [9.17, 15) is 5.11 Å². The Kier molecular flexibility index (Phi) is 8.12. The van der Waals surface area contributed by atoms with Gasteiger partial charge in [-0.05, 0) is 84.7 Å². The summed E-state index contributed by atoms with van der Waals surface area (Å²) < 4.78 is 0. The van der Waals surface area contributed by atoms with Gasteiger partial charge in [-0.1, -0.05) is 0 Å². The van der Waals surface area contributed by atoms with Gasteiger partial charge in [0.25, 0.3) is 0 Å². The van der Waals surface area contributed by atoms with Crippen molar-refractivity contribution in [1.82, 2.24) is 4.90 Å². The molecular weight excluding hydrogens is 290 g/mol. The molecule has 0 aromatic carbocycles. The van der Waals surface area contributed by atoms with Gasteiger partial charge in [-0.25, -0.2) is 0 Å². The van der Waals surface area contributed by atoms with E-state index in [1.807, 2.05) is 19.8 Å². The summed E-state index contributed by atoms with van der Waals surface area (Å²) in [6.07, 6.45) is 16.5. The molecule has 2 aliphatic carbocycles. The van der Waals surface area contributed by atoms with E-state index in [1.54, 1.807) is 0 Å². The minimum absolute atomic E-state index is 0. The molecule has 2 aliphatic rings. The normalized spacial score (nSPS) is 25.1. The first-order chi connectivity index (χ1) is 9.09. The average molecular weight is 313 g/mol. The van der Waals surface area contributed by atoms with Gasteiger partial charge >= 0.3 is 17.1 Å². The van der Waals surface area contributed by atoms with E-state index in [1.165, 1.54) is 11.8 Å². The van der Waals surface area contributed by atoms with E-state index in [2.05, 4.69) is 51.1 Å². The molecule has 1 N–H and O–H groups in total. The molecule has 0 aromatic heterocycles. The van der Waals surface area contributed by atoms with Crippen molar-refractivity contribution in [3.8, 4) is 0 Å². The Morgan fingerprint density at radius 3 is 2.15 bits per heavy atom. The Hall–Kier alpha value is 0.439. The van der Waals surface area contributed by atoms with Crippen LogP contribution in [0.15, 0.2) is 0 Å². The molecule has 10 radical (unpaired) electrons. The topological polar surface area (TPSA) is 23.5 Å². The molecule has 20 heavy (non-hydrogen) atoms. The second-order valence-electron chi connectivity index (χ2n) is 5.42. The van der Waals surface area contributed by atoms with Crippen molar-refractivity contribution in [1.29, 1.82) is 0 Å². The van der Waals surface area contributed by atoms with Crippen molar-refractivity contribution >= 4 is 0 Å². The van der Waals surface area contributed by atoms with E-state index < -0.39 is 6.10 Å². The second-order valence-corrected chi connectivity index (χ2v) is 5.42. The van der Waals surface area contributed by atoms with E-state index in [4.69, 9.17) is 0 Å². The maximum absolute atomic E-state index is 9.86. The van der Waals surface area contributed by atoms with Crippen LogP contribution >= 0.6 is 0 Å². The van der Waals surface area contributed by atoms with Crippen molar-refractivity contribution in [2.45, 2.75) is 31.9 Å². The van der Waals surface area contributed by atoms with Gasteiger partial charge in [0.1, 0.15) is 0 Å². The molecule has 2 saturated carbocycles. The van der Waals surface area contributed by atoms with Gasteiger partial charge in [-0.2, -0.15) is 0 Å². The standard InChI is InChI=1S/C17H23NO.Fe/c1-13(19)15-9-6-10-16(15)17(18(2)3)12-11-14-7-4-5-8-14;/h4-10,13,17,19H,11-12H2,1-3H3;/q;+2/t13-,17-;/m0./s1. The molecule has 2 rings (SSSR count). The molecule has 0 aromatic rings. The molecule has 0 unspecified atom stereocenters. The molecule has 3 heteroatoms. The molecule has 2 atom stereocenters. The van der Waals surface area contributed by atoms with Crippen LogP contribution in [0.25, 0.3) is 0 Å². The first kappa shape index (κ1) is 18.5. The molecule has 0 amide bonds. The summed E-state index contributed by atoms with van der Waals surface area (Å²) in [6, 6.07) is 0.356. The SMILES string of the molecule is C[C@H](O)[C]1[CH][CH][CH][C]1[C@H](CC[C]1[CH][CH][CH][CH]1)N(C)C.[Fe+2]. The molecule has 0 spiro atoms. The van der Waals surface area contributed by atoms with Crippen LogP contribution in [-0.2, 0) is 17.1 Å². The summed E-state index contributed by atoms with van der Waals surface area (Å²) in [7, 11) is 4.21. The van der Waals surface area contributed by atoms with Crippen molar-refractivity contribution in [3.05, 3.63) is 62.7 Å². The minimum Gasteiger partial charge on any atom is -0.393 e. The van der Waals surface area contributed by atoms with Crippen LogP contribution in [0.1, 0.15) is 19.8 Å². The first-order valence-corrected chi connectivity index (χ1v) is 6.90. The number of aliphatic hydroxyl groups excluding tert-OH is 1. The number of aliphatic hydroxyl groups is 1. The summed E-state index contributed by atoms with van der Waals surface area (Å²) in [5, 5.41) is 9.86. The average Bonchev–Trinajstić information content (AvgIpc) is 2.98. The number of hydrogen-bond acceptors (Lipinski definition) is 2. The third-order valence-electron chi connectivity index (χ3n) is 3.76. The van der Waals surface area contributed by atoms with Crippen LogP contribution in [0.3, 0.4) is 0 Å². The van der Waals surface area contributed by atoms with Gasteiger partial charge in [0.05, 0.1) is 6.10 Å². The fraction of sp³-hybridized carbons (Fsp3) is 0.412. The number of hydrogen-bond donors (Lipinski definition) is 1. The molecular formula is C17H23FeNO+2. The summed E-state index contributed by atoms with van der Waals surface area (Å²) in [6.45, 7) is 1.84. The molecule has 0 bridgehead atoms. The zero-order valence-corrected chi connectivity index (χ0v) is 13.5. The van der Waals surface area contributed by atoms with Crippen LogP contribution in [0.4, 0.5) is 0 Å². The van der Waals surface area contributed by atoms with Crippen molar-refractivity contribution in [2.75, 3.05) is 14.1 Å². The van der Waals surface area contributed by atoms with Gasteiger partial charge in [-0.15, -0.1) is 0 Å². The van der Waals surface area contributed by atoms with Gasteiger partial charge in [0.2, 0.25) is 0 Å². The predicted molar refractivity (Wildman–Crippen MR) is 78.2 cm³/mol. The van der Waals surface area contributed by atoms with Crippen LogP contribution in [0.5, 0.6) is 0 Å². The monoisotopic (exact) mass is 313 g/mol. The Morgan fingerprint density at radius 1 is 1.00 bits per heavy atom. The Labute approximate surface area is 136 Å². The van der Waals surface area contributed by atoms with E-state index in [-0.39, 0.29) is 17.1 Å². The van der Waals surface area contributed by atoms with Crippen LogP contribution in [0.2, 0.25) is 0 Å². The third kappa shape index (κ3) is 4.73. The molecule has 2 fully saturated rings. The maximum atomic E-state index is 9.86. The van der Waals surface area contributed by atoms with E-state index in [0.717, 1.165) is 18.8 Å². The maximum Gasteiger partial charge on any atom is 2.00 e. The minimum atomic E-state index is -0.397. The van der Waals surface area contributed by atoms with Crippen molar-refractivity contribution in [2.24, 2.45) is 0 Å². The third-order valence-corrected chi connectivity index (χ3v) is 3.76. The summed E-state index contributed by atoms with van der Waals surface area (Å²) in [4.78, 5) is 2.24. The van der Waals surface area contributed by atoms with E-state index >= 15 is 0 Å². The van der Waals surface area contributed by atoms with Gasteiger partial charge < -0.3 is 10.0 Å². The van der Waals surface area contributed by atoms with Crippen LogP contribution < -0.4 is 0 Å². The molecule has 2 nitrogen and oxygen atoms in total. The number of nitrogens with zero attached hydrogens (tertiary/aromatic N) is 1. The zero-order valence-electron chi connectivity index (χ0n) is 12.4. The van der Waals surface area contributed by atoms with Gasteiger partial charge in [-0.3, -0.25) is 0 Å². The van der Waals surface area contributed by atoms with Crippen molar-refractivity contribution < 1.29 is 22.2 Å². The predicted octanol–water partition coefficient (Wildman–Crippen LogP) is 2.26. The van der Waals surface area contributed by atoms with Crippen LogP contribution in [-0.4, -0.2) is 36.2 Å². The molecule has 108 valence electrons. The second kappa shape index (κ2) is 8.78. The molecule has 0 aliphatic heterocycles. The van der Waals surface area contributed by atoms with E-state index in [0.29, 0.717) is 6.04 Å². The summed E-state index contributed by atoms with van der Waals surface area (Å²) in [5.41, 5.74) is 0. The summed E-state index contributed by atoms with van der Waals surface area (Å²) in [5.74, 6) is 3.70. The molecule has 0 saturated heterocycles.